The molecule has 27 heavy (non-hydrogen) atoms. The molecule has 0 atom stereocenters. The molecule has 0 amide bonds. The standard InChI is InChI=1S/C18H21O8P/c1-22-14-8-7-12(9-15(14)26-27(19,20)21)5-6-13-10-16(23-2)18(25-4)17(11-13)24-3/h5-11H,1-4H3,(H2,19,20,21)/p-2/b6-5-. The molecule has 0 spiro atoms. The summed E-state index contributed by atoms with van der Waals surface area (Å²) < 4.78 is 36.2. The molecule has 0 aliphatic rings. The lowest BCUT2D eigenvalue weighted by molar-refractivity contribution is -0.333. The fourth-order valence-corrected chi connectivity index (χ4v) is 2.76. The first-order valence-corrected chi connectivity index (χ1v) is 9.15. The van der Waals surface area contributed by atoms with Gasteiger partial charge in [-0.3, -0.25) is 0 Å². The molecule has 2 rings (SSSR count). The number of ether oxygens (including phenoxy) is 4. The summed E-state index contributed by atoms with van der Waals surface area (Å²) in [7, 11) is 0.680. The highest BCUT2D eigenvalue weighted by Crippen LogP contribution is 2.39. The van der Waals surface area contributed by atoms with E-state index in [1.807, 2.05) is 0 Å². The van der Waals surface area contributed by atoms with Gasteiger partial charge in [-0.1, -0.05) is 18.2 Å². The van der Waals surface area contributed by atoms with Crippen molar-refractivity contribution in [3.63, 3.8) is 0 Å². The second-order valence-electron chi connectivity index (χ2n) is 5.24. The van der Waals surface area contributed by atoms with Gasteiger partial charge in [-0.2, -0.15) is 0 Å². The lowest BCUT2D eigenvalue weighted by Gasteiger charge is -2.29. The fraction of sp³-hybridized carbons (Fsp3) is 0.222. The molecule has 0 aromatic heterocycles. The molecule has 0 aliphatic heterocycles. The van der Waals surface area contributed by atoms with Crippen LogP contribution in [0.4, 0.5) is 0 Å². The van der Waals surface area contributed by atoms with Crippen LogP contribution in [0.25, 0.3) is 12.2 Å². The Bertz CT molecular complexity index is 847. The van der Waals surface area contributed by atoms with Crippen LogP contribution in [-0.4, -0.2) is 28.4 Å². The maximum absolute atomic E-state index is 10.9. The number of rotatable bonds is 8. The van der Waals surface area contributed by atoms with Crippen molar-refractivity contribution in [3.05, 3.63) is 41.5 Å². The van der Waals surface area contributed by atoms with Crippen LogP contribution in [0.1, 0.15) is 11.1 Å². The summed E-state index contributed by atoms with van der Waals surface area (Å²) in [5.41, 5.74) is 1.34. The Kier molecular flexibility index (Phi) is 6.74. The zero-order valence-corrected chi connectivity index (χ0v) is 16.1. The predicted octanol–water partition coefficient (Wildman–Crippen LogP) is 2.10. The molecule has 2 aromatic rings. The Labute approximate surface area is 157 Å². The quantitative estimate of drug-likeness (QED) is 0.495. The molecule has 146 valence electrons. The summed E-state index contributed by atoms with van der Waals surface area (Å²) in [5, 5.41) is 0. The van der Waals surface area contributed by atoms with Gasteiger partial charge in [0.25, 0.3) is 0 Å². The van der Waals surface area contributed by atoms with Gasteiger partial charge in [-0.15, -0.1) is 0 Å². The predicted molar refractivity (Wildman–Crippen MR) is 96.3 cm³/mol. The third-order valence-electron chi connectivity index (χ3n) is 3.55. The second kappa shape index (κ2) is 8.81. The number of phosphoric acid groups is 1. The van der Waals surface area contributed by atoms with Gasteiger partial charge in [0.1, 0.15) is 7.82 Å². The van der Waals surface area contributed by atoms with E-state index in [0.717, 1.165) is 5.56 Å². The van der Waals surface area contributed by atoms with E-state index in [-0.39, 0.29) is 11.5 Å². The van der Waals surface area contributed by atoms with Gasteiger partial charge in [-0.25, -0.2) is 0 Å². The zero-order valence-electron chi connectivity index (χ0n) is 15.3. The first kappa shape index (κ1) is 20.6. The van der Waals surface area contributed by atoms with Crippen molar-refractivity contribution in [2.75, 3.05) is 28.4 Å². The normalized spacial score (nSPS) is 11.3. The van der Waals surface area contributed by atoms with Crippen LogP contribution in [0.15, 0.2) is 30.3 Å². The smallest absolute Gasteiger partial charge is 0.203 e. The minimum atomic E-state index is -5.21. The Morgan fingerprint density at radius 3 is 1.74 bits per heavy atom. The minimum absolute atomic E-state index is 0.131. The first-order valence-electron chi connectivity index (χ1n) is 7.69. The Morgan fingerprint density at radius 1 is 0.741 bits per heavy atom. The Morgan fingerprint density at radius 2 is 1.26 bits per heavy atom. The summed E-state index contributed by atoms with van der Waals surface area (Å²) in [4.78, 5) is 21.8. The monoisotopic (exact) mass is 394 g/mol. The van der Waals surface area contributed by atoms with Gasteiger partial charge >= 0.3 is 0 Å². The van der Waals surface area contributed by atoms with Crippen LogP contribution >= 0.6 is 7.82 Å². The van der Waals surface area contributed by atoms with E-state index in [4.69, 9.17) is 18.9 Å². The SMILES string of the molecule is COc1ccc(/C=C\c2cc(OC)c(OC)c(OC)c2)cc1OP(=O)([O-])[O-]. The van der Waals surface area contributed by atoms with Crippen molar-refractivity contribution in [2.24, 2.45) is 0 Å². The van der Waals surface area contributed by atoms with E-state index in [0.29, 0.717) is 22.8 Å². The van der Waals surface area contributed by atoms with E-state index < -0.39 is 7.82 Å². The lowest BCUT2D eigenvalue weighted by atomic mass is 10.1. The molecule has 0 saturated heterocycles. The van der Waals surface area contributed by atoms with Crippen LogP contribution in [0, 0.1) is 0 Å². The van der Waals surface area contributed by atoms with Crippen molar-refractivity contribution >= 4 is 20.0 Å². The number of methoxy groups -OCH3 is 4. The molecule has 9 heteroatoms. The van der Waals surface area contributed by atoms with Crippen molar-refractivity contribution in [3.8, 4) is 28.7 Å². The van der Waals surface area contributed by atoms with Gasteiger partial charge in [-0.05, 0) is 35.4 Å². The van der Waals surface area contributed by atoms with Crippen LogP contribution in [0.5, 0.6) is 28.7 Å². The maximum atomic E-state index is 10.9. The lowest BCUT2D eigenvalue weighted by Crippen LogP contribution is -2.18. The average molecular weight is 394 g/mol. The second-order valence-corrected chi connectivity index (χ2v) is 6.32. The minimum Gasteiger partial charge on any atom is -0.780 e. The van der Waals surface area contributed by atoms with E-state index in [2.05, 4.69) is 4.52 Å². The van der Waals surface area contributed by atoms with Crippen molar-refractivity contribution < 1.29 is 37.8 Å². The first-order chi connectivity index (χ1) is 12.8. The Balaban J connectivity index is 2.37. The third kappa shape index (κ3) is 5.40. The topological polar surface area (TPSA) is 109 Å². The molecule has 0 fully saturated rings. The summed E-state index contributed by atoms with van der Waals surface area (Å²) >= 11 is 0. The Hall–Kier alpha value is -2.67. The highest BCUT2D eigenvalue weighted by atomic mass is 31.2. The van der Waals surface area contributed by atoms with Gasteiger partial charge in [0, 0.05) is 0 Å². The van der Waals surface area contributed by atoms with E-state index >= 15 is 0 Å². The third-order valence-corrected chi connectivity index (χ3v) is 3.97. The number of hydrogen-bond acceptors (Lipinski definition) is 8. The molecule has 8 nitrogen and oxygen atoms in total. The molecular weight excluding hydrogens is 375 g/mol. The van der Waals surface area contributed by atoms with Crippen molar-refractivity contribution in [2.45, 2.75) is 0 Å². The van der Waals surface area contributed by atoms with E-state index in [1.165, 1.54) is 40.6 Å². The number of hydrogen-bond donors (Lipinski definition) is 0. The summed E-state index contributed by atoms with van der Waals surface area (Å²) in [6, 6.07) is 8.07. The summed E-state index contributed by atoms with van der Waals surface area (Å²) in [6.45, 7) is 0. The summed E-state index contributed by atoms with van der Waals surface area (Å²) in [5.74, 6) is 1.41. The van der Waals surface area contributed by atoms with E-state index in [1.54, 1.807) is 30.4 Å². The van der Waals surface area contributed by atoms with Crippen LogP contribution in [0.3, 0.4) is 0 Å². The molecule has 0 heterocycles. The van der Waals surface area contributed by atoms with Gasteiger partial charge < -0.3 is 37.8 Å². The molecule has 2 aromatic carbocycles. The molecular formula is C18H19O8P-2. The largest absolute Gasteiger partial charge is 0.780 e. The highest BCUT2D eigenvalue weighted by Gasteiger charge is 2.12. The molecule has 0 radical (unpaired) electrons. The van der Waals surface area contributed by atoms with Gasteiger partial charge in [0.15, 0.2) is 23.0 Å². The van der Waals surface area contributed by atoms with Gasteiger partial charge in [0.2, 0.25) is 5.75 Å². The van der Waals surface area contributed by atoms with Crippen LogP contribution in [-0.2, 0) is 4.57 Å². The zero-order chi connectivity index (χ0) is 20.0. The number of benzene rings is 2. The molecule has 0 unspecified atom stereocenters. The fourth-order valence-electron chi connectivity index (χ4n) is 2.38. The molecule has 0 N–H and O–H groups in total. The van der Waals surface area contributed by atoms with Crippen molar-refractivity contribution in [1.82, 2.24) is 0 Å². The molecule has 0 saturated carbocycles. The van der Waals surface area contributed by atoms with Crippen molar-refractivity contribution in [1.29, 1.82) is 0 Å². The van der Waals surface area contributed by atoms with Crippen LogP contribution < -0.4 is 33.3 Å². The molecule has 0 bridgehead atoms. The van der Waals surface area contributed by atoms with Gasteiger partial charge in [0.05, 0.1) is 28.4 Å². The molecule has 0 aliphatic carbocycles. The summed E-state index contributed by atoms with van der Waals surface area (Å²) in [6.07, 6.45) is 3.46. The average Bonchev–Trinajstić information content (AvgIpc) is 2.64. The highest BCUT2D eigenvalue weighted by molar-refractivity contribution is 7.43. The number of phosphoric ester groups is 1. The van der Waals surface area contributed by atoms with E-state index in [9.17, 15) is 14.4 Å². The maximum Gasteiger partial charge on any atom is 0.203 e. The van der Waals surface area contributed by atoms with Crippen LogP contribution in [0.2, 0.25) is 0 Å².